The molecular formula is C12H17FN2. The van der Waals surface area contributed by atoms with E-state index in [1.807, 2.05) is 17.9 Å². The Balaban J connectivity index is 2.83. The molecule has 3 heteroatoms. The van der Waals surface area contributed by atoms with Gasteiger partial charge in [-0.25, -0.2) is 4.39 Å². The molecule has 0 bridgehead atoms. The third kappa shape index (κ3) is 3.06. The summed E-state index contributed by atoms with van der Waals surface area (Å²) in [5.41, 5.74) is 6.98. The van der Waals surface area contributed by atoms with Gasteiger partial charge in [0.25, 0.3) is 0 Å². The van der Waals surface area contributed by atoms with Crippen molar-refractivity contribution in [2.24, 2.45) is 5.73 Å². The summed E-state index contributed by atoms with van der Waals surface area (Å²) in [5.74, 6) is -0.204. The second kappa shape index (κ2) is 5.51. The predicted molar refractivity (Wildman–Crippen MR) is 62.5 cm³/mol. The van der Waals surface area contributed by atoms with E-state index in [4.69, 9.17) is 5.73 Å². The Morgan fingerprint density at radius 2 is 2.13 bits per heavy atom. The molecule has 2 nitrogen and oxygen atoms in total. The fourth-order valence-corrected chi connectivity index (χ4v) is 1.41. The van der Waals surface area contributed by atoms with Crippen molar-refractivity contribution >= 4 is 5.69 Å². The number of hydrogen-bond donors (Lipinski definition) is 1. The van der Waals surface area contributed by atoms with Gasteiger partial charge in [-0.1, -0.05) is 18.7 Å². The maximum Gasteiger partial charge on any atom is 0.146 e. The monoisotopic (exact) mass is 208 g/mol. The standard InChI is InChI=1S/C12H17FN2/c1-3-15(9-10(2)8-14)12-7-5-4-6-11(12)13/h4-7H,2-3,8-9,14H2,1H3. The van der Waals surface area contributed by atoms with Crippen LogP contribution in [0.4, 0.5) is 10.1 Å². The molecule has 0 saturated heterocycles. The first-order valence-electron chi connectivity index (χ1n) is 5.05. The van der Waals surface area contributed by atoms with Crippen LogP contribution >= 0.6 is 0 Å². The van der Waals surface area contributed by atoms with Crippen LogP contribution in [0.1, 0.15) is 6.92 Å². The number of para-hydroxylation sites is 1. The SMILES string of the molecule is C=C(CN)CN(CC)c1ccccc1F. The Kier molecular flexibility index (Phi) is 4.31. The van der Waals surface area contributed by atoms with Crippen molar-refractivity contribution in [1.29, 1.82) is 0 Å². The molecule has 1 aromatic carbocycles. The van der Waals surface area contributed by atoms with Gasteiger partial charge in [0.2, 0.25) is 0 Å². The Labute approximate surface area is 90.2 Å². The molecule has 0 atom stereocenters. The third-order valence-electron chi connectivity index (χ3n) is 2.28. The summed E-state index contributed by atoms with van der Waals surface area (Å²) < 4.78 is 13.5. The minimum atomic E-state index is -0.204. The number of nitrogens with two attached hydrogens (primary N) is 1. The number of hydrogen-bond acceptors (Lipinski definition) is 2. The van der Waals surface area contributed by atoms with Gasteiger partial charge in [0.05, 0.1) is 5.69 Å². The first-order valence-corrected chi connectivity index (χ1v) is 5.05. The topological polar surface area (TPSA) is 29.3 Å². The number of anilines is 1. The van der Waals surface area contributed by atoms with Gasteiger partial charge in [0.1, 0.15) is 5.82 Å². The maximum absolute atomic E-state index is 13.5. The normalized spacial score (nSPS) is 10.1. The van der Waals surface area contributed by atoms with Crippen molar-refractivity contribution < 1.29 is 4.39 Å². The lowest BCUT2D eigenvalue weighted by Gasteiger charge is -2.24. The Morgan fingerprint density at radius 1 is 1.47 bits per heavy atom. The van der Waals surface area contributed by atoms with Gasteiger partial charge >= 0.3 is 0 Å². The van der Waals surface area contributed by atoms with Crippen LogP contribution in [0.15, 0.2) is 36.4 Å². The molecule has 0 radical (unpaired) electrons. The lowest BCUT2D eigenvalue weighted by Crippen LogP contribution is -2.28. The summed E-state index contributed by atoms with van der Waals surface area (Å²) in [6.45, 7) is 7.59. The van der Waals surface area contributed by atoms with Gasteiger partial charge in [-0.2, -0.15) is 0 Å². The van der Waals surface area contributed by atoms with Gasteiger partial charge in [-0.3, -0.25) is 0 Å². The fraction of sp³-hybridized carbons (Fsp3) is 0.333. The molecular weight excluding hydrogens is 191 g/mol. The fourth-order valence-electron chi connectivity index (χ4n) is 1.41. The second-order valence-corrected chi connectivity index (χ2v) is 3.42. The van der Waals surface area contributed by atoms with E-state index < -0.39 is 0 Å². The van der Waals surface area contributed by atoms with E-state index in [0.29, 0.717) is 18.8 Å². The largest absolute Gasteiger partial charge is 0.365 e. The third-order valence-corrected chi connectivity index (χ3v) is 2.28. The van der Waals surface area contributed by atoms with E-state index in [9.17, 15) is 4.39 Å². The summed E-state index contributed by atoms with van der Waals surface area (Å²) in [4.78, 5) is 1.92. The summed E-state index contributed by atoms with van der Waals surface area (Å²) in [7, 11) is 0. The van der Waals surface area contributed by atoms with Crippen molar-refractivity contribution in [2.75, 3.05) is 24.5 Å². The van der Waals surface area contributed by atoms with E-state index >= 15 is 0 Å². The number of nitrogens with zero attached hydrogens (tertiary/aromatic N) is 1. The van der Waals surface area contributed by atoms with E-state index in [-0.39, 0.29) is 5.82 Å². The van der Waals surface area contributed by atoms with Crippen molar-refractivity contribution in [3.05, 3.63) is 42.2 Å². The van der Waals surface area contributed by atoms with Crippen molar-refractivity contribution in [3.63, 3.8) is 0 Å². The molecule has 15 heavy (non-hydrogen) atoms. The summed E-state index contributed by atoms with van der Waals surface area (Å²) in [6, 6.07) is 6.74. The molecule has 1 aromatic rings. The Bertz CT molecular complexity index is 336. The molecule has 0 unspecified atom stereocenters. The lowest BCUT2D eigenvalue weighted by molar-refractivity contribution is 0.620. The van der Waals surface area contributed by atoms with Gasteiger partial charge < -0.3 is 10.6 Å². The zero-order valence-corrected chi connectivity index (χ0v) is 9.04. The highest BCUT2D eigenvalue weighted by Gasteiger charge is 2.09. The molecule has 0 aliphatic rings. The lowest BCUT2D eigenvalue weighted by atomic mass is 10.2. The van der Waals surface area contributed by atoms with E-state index in [2.05, 4.69) is 6.58 Å². The van der Waals surface area contributed by atoms with E-state index in [1.54, 1.807) is 12.1 Å². The van der Waals surface area contributed by atoms with Crippen molar-refractivity contribution in [1.82, 2.24) is 0 Å². The summed E-state index contributed by atoms with van der Waals surface area (Å²) in [5, 5.41) is 0. The number of halogens is 1. The van der Waals surface area contributed by atoms with Gasteiger partial charge in [-0.15, -0.1) is 0 Å². The van der Waals surface area contributed by atoms with Crippen LogP contribution in [-0.2, 0) is 0 Å². The first-order chi connectivity index (χ1) is 7.19. The van der Waals surface area contributed by atoms with Crippen LogP contribution < -0.4 is 10.6 Å². The smallest absolute Gasteiger partial charge is 0.146 e. The minimum absolute atomic E-state index is 0.204. The van der Waals surface area contributed by atoms with Crippen molar-refractivity contribution in [3.8, 4) is 0 Å². The molecule has 0 heterocycles. The molecule has 0 fully saturated rings. The highest BCUT2D eigenvalue weighted by molar-refractivity contribution is 5.48. The Hall–Kier alpha value is -1.35. The summed E-state index contributed by atoms with van der Waals surface area (Å²) in [6.07, 6.45) is 0. The van der Waals surface area contributed by atoms with Crippen molar-refractivity contribution in [2.45, 2.75) is 6.92 Å². The molecule has 2 N–H and O–H groups in total. The molecule has 0 aromatic heterocycles. The molecule has 0 aliphatic heterocycles. The number of benzene rings is 1. The highest BCUT2D eigenvalue weighted by atomic mass is 19.1. The van der Waals surface area contributed by atoms with Crippen LogP contribution in [0.2, 0.25) is 0 Å². The highest BCUT2D eigenvalue weighted by Crippen LogP contribution is 2.18. The molecule has 1 rings (SSSR count). The zero-order valence-electron chi connectivity index (χ0n) is 9.04. The van der Waals surface area contributed by atoms with Gasteiger partial charge in [-0.05, 0) is 24.6 Å². The number of likely N-dealkylation sites (N-methyl/N-ethyl adjacent to an activating group) is 1. The minimum Gasteiger partial charge on any atom is -0.365 e. The van der Waals surface area contributed by atoms with E-state index in [0.717, 1.165) is 12.1 Å². The quantitative estimate of drug-likeness (QED) is 0.751. The van der Waals surface area contributed by atoms with Crippen LogP contribution in [0.3, 0.4) is 0 Å². The molecule has 82 valence electrons. The first kappa shape index (κ1) is 11.7. The molecule has 0 spiro atoms. The molecule has 0 saturated carbocycles. The van der Waals surface area contributed by atoms with Crippen LogP contribution in [0.25, 0.3) is 0 Å². The molecule has 0 amide bonds. The average molecular weight is 208 g/mol. The molecule has 0 aliphatic carbocycles. The van der Waals surface area contributed by atoms with Crippen LogP contribution in [0, 0.1) is 5.82 Å². The second-order valence-electron chi connectivity index (χ2n) is 3.42. The van der Waals surface area contributed by atoms with Crippen LogP contribution in [-0.4, -0.2) is 19.6 Å². The number of rotatable bonds is 5. The van der Waals surface area contributed by atoms with E-state index in [1.165, 1.54) is 6.07 Å². The Morgan fingerprint density at radius 3 is 2.67 bits per heavy atom. The van der Waals surface area contributed by atoms with Gasteiger partial charge in [0.15, 0.2) is 0 Å². The maximum atomic E-state index is 13.5. The average Bonchev–Trinajstić information content (AvgIpc) is 2.26. The predicted octanol–water partition coefficient (Wildman–Crippen LogP) is 2.17. The summed E-state index contributed by atoms with van der Waals surface area (Å²) >= 11 is 0. The zero-order chi connectivity index (χ0) is 11.3. The van der Waals surface area contributed by atoms with Crippen LogP contribution in [0.5, 0.6) is 0 Å². The van der Waals surface area contributed by atoms with Gasteiger partial charge in [0, 0.05) is 19.6 Å².